The number of fused-ring (bicyclic) bond motifs is 1. The zero-order valence-electron chi connectivity index (χ0n) is 16.7. The van der Waals surface area contributed by atoms with Crippen molar-refractivity contribution in [3.05, 3.63) is 30.0 Å². The predicted molar refractivity (Wildman–Crippen MR) is 108 cm³/mol. The highest BCUT2D eigenvalue weighted by Crippen LogP contribution is 2.37. The predicted octanol–water partition coefficient (Wildman–Crippen LogP) is 3.83. The minimum Gasteiger partial charge on any atom is -0.490 e. The highest BCUT2D eigenvalue weighted by molar-refractivity contribution is 5.92. The molecule has 0 aliphatic rings. The normalized spacial score (nSPS) is 10.9. The summed E-state index contributed by atoms with van der Waals surface area (Å²) in [6.45, 7) is 7.76. The molecule has 0 bridgehead atoms. The van der Waals surface area contributed by atoms with Gasteiger partial charge in [0.05, 0.1) is 19.8 Å². The number of aromatic amines is 1. The molecule has 1 aromatic carbocycles. The summed E-state index contributed by atoms with van der Waals surface area (Å²) < 4.78 is 22.5. The second-order valence-electron chi connectivity index (χ2n) is 6.10. The molecule has 0 aliphatic carbocycles. The zero-order valence-corrected chi connectivity index (χ0v) is 16.7. The van der Waals surface area contributed by atoms with E-state index in [0.717, 1.165) is 16.5 Å². The molecule has 8 heteroatoms. The number of hydrogen-bond acceptors (Lipinski definition) is 7. The average Bonchev–Trinajstić information content (AvgIpc) is 3.08. The lowest BCUT2D eigenvalue weighted by Crippen LogP contribution is -2.06. The van der Waals surface area contributed by atoms with E-state index in [4.69, 9.17) is 18.9 Å². The SMILES string of the molecule is CCOc1cc2cc(Nc3cc(C)[nH]n3)nc(OCC)c2cc1OCCOC. The van der Waals surface area contributed by atoms with Crippen LogP contribution in [0.1, 0.15) is 19.5 Å². The molecule has 0 saturated carbocycles. The van der Waals surface area contributed by atoms with Crippen molar-refractivity contribution in [2.75, 3.05) is 38.9 Å². The average molecular weight is 386 g/mol. The Labute approximate surface area is 164 Å². The number of rotatable bonds is 10. The third kappa shape index (κ3) is 4.64. The zero-order chi connectivity index (χ0) is 19.9. The number of nitrogens with zero attached hydrogens (tertiary/aromatic N) is 2. The van der Waals surface area contributed by atoms with Crippen LogP contribution in [0.25, 0.3) is 10.8 Å². The number of ether oxygens (including phenoxy) is 4. The lowest BCUT2D eigenvalue weighted by Gasteiger charge is -2.15. The number of methoxy groups -OCH3 is 1. The van der Waals surface area contributed by atoms with Crippen LogP contribution in [0.15, 0.2) is 24.3 Å². The number of anilines is 2. The third-order valence-corrected chi connectivity index (χ3v) is 3.95. The fraction of sp³-hybridized carbons (Fsp3) is 0.400. The van der Waals surface area contributed by atoms with Crippen molar-refractivity contribution in [2.24, 2.45) is 0 Å². The molecule has 0 radical (unpaired) electrons. The Morgan fingerprint density at radius 1 is 0.929 bits per heavy atom. The van der Waals surface area contributed by atoms with Crippen LogP contribution in [0.2, 0.25) is 0 Å². The summed E-state index contributed by atoms with van der Waals surface area (Å²) in [5, 5.41) is 12.1. The summed E-state index contributed by atoms with van der Waals surface area (Å²) in [4.78, 5) is 4.60. The van der Waals surface area contributed by atoms with Gasteiger partial charge in [-0.2, -0.15) is 10.1 Å². The molecular weight excluding hydrogens is 360 g/mol. The maximum atomic E-state index is 5.84. The number of pyridine rings is 1. The second kappa shape index (κ2) is 9.27. The van der Waals surface area contributed by atoms with Crippen molar-refractivity contribution in [3.8, 4) is 17.4 Å². The summed E-state index contributed by atoms with van der Waals surface area (Å²) in [5.41, 5.74) is 0.963. The maximum Gasteiger partial charge on any atom is 0.223 e. The summed E-state index contributed by atoms with van der Waals surface area (Å²) in [5.74, 6) is 3.16. The molecular formula is C20H26N4O4. The van der Waals surface area contributed by atoms with Gasteiger partial charge in [-0.1, -0.05) is 0 Å². The van der Waals surface area contributed by atoms with Crippen LogP contribution in [-0.4, -0.2) is 48.7 Å². The van der Waals surface area contributed by atoms with Gasteiger partial charge >= 0.3 is 0 Å². The number of benzene rings is 1. The van der Waals surface area contributed by atoms with Crippen molar-refractivity contribution >= 4 is 22.4 Å². The minimum absolute atomic E-state index is 0.428. The Kier molecular flexibility index (Phi) is 6.54. The van der Waals surface area contributed by atoms with Crippen molar-refractivity contribution in [3.63, 3.8) is 0 Å². The van der Waals surface area contributed by atoms with Crippen LogP contribution in [0, 0.1) is 6.92 Å². The van der Waals surface area contributed by atoms with Crippen molar-refractivity contribution in [1.82, 2.24) is 15.2 Å². The summed E-state index contributed by atoms with van der Waals surface area (Å²) in [7, 11) is 1.64. The molecule has 0 aliphatic heterocycles. The monoisotopic (exact) mass is 386 g/mol. The van der Waals surface area contributed by atoms with Crippen LogP contribution in [0.4, 0.5) is 11.6 Å². The van der Waals surface area contributed by atoms with Gasteiger partial charge in [0.2, 0.25) is 5.88 Å². The van der Waals surface area contributed by atoms with Gasteiger partial charge in [0, 0.05) is 24.3 Å². The van der Waals surface area contributed by atoms with E-state index >= 15 is 0 Å². The highest BCUT2D eigenvalue weighted by Gasteiger charge is 2.14. The molecule has 2 aromatic heterocycles. The quantitative estimate of drug-likeness (QED) is 0.512. The molecule has 0 fully saturated rings. The van der Waals surface area contributed by atoms with Crippen molar-refractivity contribution in [1.29, 1.82) is 0 Å². The summed E-state index contributed by atoms with van der Waals surface area (Å²) >= 11 is 0. The Bertz CT molecular complexity index is 926. The van der Waals surface area contributed by atoms with Gasteiger partial charge in [0.1, 0.15) is 12.4 Å². The van der Waals surface area contributed by atoms with Gasteiger partial charge in [0.25, 0.3) is 0 Å². The molecule has 0 spiro atoms. The van der Waals surface area contributed by atoms with Gasteiger partial charge in [0.15, 0.2) is 17.3 Å². The third-order valence-electron chi connectivity index (χ3n) is 3.95. The molecule has 3 aromatic rings. The topological polar surface area (TPSA) is 90.5 Å². The first-order valence-electron chi connectivity index (χ1n) is 9.29. The molecule has 0 amide bonds. The summed E-state index contributed by atoms with van der Waals surface area (Å²) in [6, 6.07) is 7.68. The first kappa shape index (κ1) is 19.8. The molecule has 3 rings (SSSR count). The van der Waals surface area contributed by atoms with Crippen LogP contribution < -0.4 is 19.5 Å². The van der Waals surface area contributed by atoms with Crippen LogP contribution in [-0.2, 0) is 4.74 Å². The standard InChI is InChI=1S/C20H26N4O4/c1-5-26-16-10-14-11-18(21-19-9-13(3)23-24-19)22-20(27-6-2)15(14)12-17(16)28-8-7-25-4/h9-12H,5-8H2,1-4H3,(H2,21,22,23,24). The molecule has 0 unspecified atom stereocenters. The number of hydrogen-bond donors (Lipinski definition) is 2. The van der Waals surface area contributed by atoms with E-state index in [1.54, 1.807) is 7.11 Å². The summed E-state index contributed by atoms with van der Waals surface area (Å²) in [6.07, 6.45) is 0. The van der Waals surface area contributed by atoms with Crippen LogP contribution in [0.5, 0.6) is 17.4 Å². The second-order valence-corrected chi connectivity index (χ2v) is 6.10. The van der Waals surface area contributed by atoms with E-state index in [9.17, 15) is 0 Å². The molecule has 150 valence electrons. The van der Waals surface area contributed by atoms with Gasteiger partial charge in [-0.25, -0.2) is 0 Å². The number of aromatic nitrogens is 3. The van der Waals surface area contributed by atoms with Gasteiger partial charge in [-0.05, 0) is 44.4 Å². The molecule has 8 nitrogen and oxygen atoms in total. The highest BCUT2D eigenvalue weighted by atomic mass is 16.5. The van der Waals surface area contributed by atoms with E-state index in [0.29, 0.717) is 55.4 Å². The first-order valence-corrected chi connectivity index (χ1v) is 9.29. The Morgan fingerprint density at radius 2 is 1.71 bits per heavy atom. The number of aryl methyl sites for hydroxylation is 1. The van der Waals surface area contributed by atoms with Gasteiger partial charge < -0.3 is 24.3 Å². The molecule has 0 atom stereocenters. The van der Waals surface area contributed by atoms with E-state index in [1.807, 2.05) is 45.0 Å². The fourth-order valence-electron chi connectivity index (χ4n) is 2.77. The van der Waals surface area contributed by atoms with E-state index in [2.05, 4.69) is 20.5 Å². The van der Waals surface area contributed by atoms with Crippen LogP contribution in [0.3, 0.4) is 0 Å². The first-order chi connectivity index (χ1) is 13.6. The lowest BCUT2D eigenvalue weighted by atomic mass is 10.1. The maximum absolute atomic E-state index is 5.84. The largest absolute Gasteiger partial charge is 0.490 e. The Hall–Kier alpha value is -3.00. The molecule has 28 heavy (non-hydrogen) atoms. The molecule has 2 N–H and O–H groups in total. The van der Waals surface area contributed by atoms with Crippen molar-refractivity contribution < 1.29 is 18.9 Å². The van der Waals surface area contributed by atoms with E-state index in [1.165, 1.54) is 0 Å². The Morgan fingerprint density at radius 3 is 2.39 bits per heavy atom. The smallest absolute Gasteiger partial charge is 0.223 e. The van der Waals surface area contributed by atoms with Crippen molar-refractivity contribution in [2.45, 2.75) is 20.8 Å². The number of H-pyrrole nitrogens is 1. The molecule has 2 heterocycles. The molecule has 0 saturated heterocycles. The number of nitrogens with one attached hydrogen (secondary N) is 2. The lowest BCUT2D eigenvalue weighted by molar-refractivity contribution is 0.143. The van der Waals surface area contributed by atoms with E-state index in [-0.39, 0.29) is 0 Å². The minimum atomic E-state index is 0.428. The Balaban J connectivity index is 2.02. The van der Waals surface area contributed by atoms with Gasteiger partial charge in [-0.3, -0.25) is 5.10 Å². The fourth-order valence-corrected chi connectivity index (χ4v) is 2.77. The van der Waals surface area contributed by atoms with E-state index < -0.39 is 0 Å². The van der Waals surface area contributed by atoms with Gasteiger partial charge in [-0.15, -0.1) is 0 Å². The van der Waals surface area contributed by atoms with Crippen LogP contribution >= 0.6 is 0 Å².